The van der Waals surface area contributed by atoms with Crippen molar-refractivity contribution in [3.63, 3.8) is 0 Å². The average Bonchev–Trinajstić information content (AvgIpc) is 3.09. The monoisotopic (exact) mass is 389 g/mol. The Hall–Kier alpha value is -3.25. The van der Waals surface area contributed by atoms with Crippen LogP contribution in [0.2, 0.25) is 0 Å². The summed E-state index contributed by atoms with van der Waals surface area (Å²) >= 11 is 1.55. The van der Waals surface area contributed by atoms with Crippen LogP contribution in [0.5, 0.6) is 5.75 Å². The SMILES string of the molecule is COc1ccc(NC(=O)c2[nH]c3ncccc3c2Sc2ccc(C)cc2)cc1. The zero-order valence-corrected chi connectivity index (χ0v) is 16.3. The third kappa shape index (κ3) is 3.73. The summed E-state index contributed by atoms with van der Waals surface area (Å²) in [7, 11) is 1.61. The Kier molecular flexibility index (Phi) is 5.04. The molecule has 2 aromatic carbocycles. The van der Waals surface area contributed by atoms with Gasteiger partial charge in [-0.05, 0) is 55.5 Å². The van der Waals surface area contributed by atoms with Crippen LogP contribution in [-0.2, 0) is 0 Å². The number of H-pyrrole nitrogens is 1. The maximum atomic E-state index is 13.0. The predicted molar refractivity (Wildman–Crippen MR) is 112 cm³/mol. The van der Waals surface area contributed by atoms with E-state index in [1.807, 2.05) is 36.4 Å². The van der Waals surface area contributed by atoms with E-state index in [0.717, 1.165) is 20.9 Å². The molecule has 0 unspecified atom stereocenters. The molecule has 0 bridgehead atoms. The number of ether oxygens (including phenoxy) is 1. The zero-order chi connectivity index (χ0) is 19.5. The van der Waals surface area contributed by atoms with Crippen LogP contribution in [0, 0.1) is 6.92 Å². The van der Waals surface area contributed by atoms with Gasteiger partial charge in [-0.2, -0.15) is 0 Å². The van der Waals surface area contributed by atoms with Crippen molar-refractivity contribution in [2.75, 3.05) is 12.4 Å². The van der Waals surface area contributed by atoms with Crippen molar-refractivity contribution in [1.29, 1.82) is 0 Å². The number of fused-ring (bicyclic) bond motifs is 1. The Balaban J connectivity index is 1.68. The van der Waals surface area contributed by atoms with Crippen LogP contribution in [0.25, 0.3) is 11.0 Å². The number of hydrogen-bond acceptors (Lipinski definition) is 4. The molecule has 5 nitrogen and oxygen atoms in total. The van der Waals surface area contributed by atoms with E-state index < -0.39 is 0 Å². The van der Waals surface area contributed by atoms with Crippen LogP contribution >= 0.6 is 11.8 Å². The number of aromatic amines is 1. The maximum absolute atomic E-state index is 13.0. The van der Waals surface area contributed by atoms with Crippen molar-refractivity contribution >= 4 is 34.4 Å². The summed E-state index contributed by atoms with van der Waals surface area (Å²) in [6.07, 6.45) is 1.71. The largest absolute Gasteiger partial charge is 0.497 e. The normalized spacial score (nSPS) is 10.8. The van der Waals surface area contributed by atoms with Gasteiger partial charge in [-0.15, -0.1) is 0 Å². The van der Waals surface area contributed by atoms with Gasteiger partial charge in [-0.25, -0.2) is 4.98 Å². The fourth-order valence-corrected chi connectivity index (χ4v) is 3.88. The number of amides is 1. The molecule has 0 radical (unpaired) electrons. The number of aromatic nitrogens is 2. The van der Waals surface area contributed by atoms with Gasteiger partial charge in [0.1, 0.15) is 17.1 Å². The molecular weight excluding hydrogens is 370 g/mol. The van der Waals surface area contributed by atoms with Crippen molar-refractivity contribution < 1.29 is 9.53 Å². The molecule has 0 saturated carbocycles. The number of anilines is 1. The van der Waals surface area contributed by atoms with Crippen LogP contribution in [-0.4, -0.2) is 23.0 Å². The van der Waals surface area contributed by atoms with E-state index in [1.54, 1.807) is 25.1 Å². The molecule has 1 amide bonds. The molecule has 140 valence electrons. The van der Waals surface area contributed by atoms with Crippen molar-refractivity contribution in [3.8, 4) is 5.75 Å². The lowest BCUT2D eigenvalue weighted by molar-refractivity contribution is 0.102. The highest BCUT2D eigenvalue weighted by atomic mass is 32.2. The van der Waals surface area contributed by atoms with E-state index in [0.29, 0.717) is 17.0 Å². The summed E-state index contributed by atoms with van der Waals surface area (Å²) < 4.78 is 5.16. The van der Waals surface area contributed by atoms with E-state index >= 15 is 0 Å². The number of rotatable bonds is 5. The van der Waals surface area contributed by atoms with Gasteiger partial charge in [-0.3, -0.25) is 4.79 Å². The first-order valence-electron chi connectivity index (χ1n) is 8.80. The number of aryl methyl sites for hydroxylation is 1. The highest BCUT2D eigenvalue weighted by Crippen LogP contribution is 2.36. The molecule has 0 fully saturated rings. The number of carbonyl (C=O) groups excluding carboxylic acids is 1. The first kappa shape index (κ1) is 18.1. The fourth-order valence-electron chi connectivity index (χ4n) is 2.86. The van der Waals surface area contributed by atoms with Crippen molar-refractivity contribution in [1.82, 2.24) is 9.97 Å². The molecule has 0 aliphatic carbocycles. The van der Waals surface area contributed by atoms with E-state index in [9.17, 15) is 4.79 Å². The van der Waals surface area contributed by atoms with Gasteiger partial charge in [0, 0.05) is 22.2 Å². The van der Waals surface area contributed by atoms with Gasteiger partial charge < -0.3 is 15.0 Å². The van der Waals surface area contributed by atoms with E-state index in [2.05, 4.69) is 46.5 Å². The second-order valence-electron chi connectivity index (χ2n) is 6.33. The van der Waals surface area contributed by atoms with Gasteiger partial charge in [0.25, 0.3) is 5.91 Å². The first-order chi connectivity index (χ1) is 13.6. The number of benzene rings is 2. The fraction of sp³-hybridized carbons (Fsp3) is 0.0909. The second-order valence-corrected chi connectivity index (χ2v) is 7.41. The molecule has 0 atom stereocenters. The Morgan fingerprint density at radius 1 is 1.07 bits per heavy atom. The first-order valence-corrected chi connectivity index (χ1v) is 9.62. The number of carbonyl (C=O) groups is 1. The topological polar surface area (TPSA) is 67.0 Å². The molecule has 4 rings (SSSR count). The van der Waals surface area contributed by atoms with Gasteiger partial charge in [0.05, 0.1) is 12.0 Å². The molecule has 2 N–H and O–H groups in total. The molecule has 4 aromatic rings. The lowest BCUT2D eigenvalue weighted by atomic mass is 10.2. The average molecular weight is 389 g/mol. The van der Waals surface area contributed by atoms with Crippen LogP contribution in [0.15, 0.2) is 76.7 Å². The molecule has 6 heteroatoms. The summed E-state index contributed by atoms with van der Waals surface area (Å²) in [5.74, 6) is 0.529. The molecule has 0 aliphatic heterocycles. The molecule has 0 saturated heterocycles. The highest BCUT2D eigenvalue weighted by molar-refractivity contribution is 7.99. The van der Waals surface area contributed by atoms with Crippen molar-refractivity contribution in [3.05, 3.63) is 78.1 Å². The van der Waals surface area contributed by atoms with Gasteiger partial charge in [0.2, 0.25) is 0 Å². The summed E-state index contributed by atoms with van der Waals surface area (Å²) in [5, 5.41) is 3.86. The zero-order valence-electron chi connectivity index (χ0n) is 15.5. The smallest absolute Gasteiger partial charge is 0.273 e. The lowest BCUT2D eigenvalue weighted by Crippen LogP contribution is -2.13. The number of nitrogens with one attached hydrogen (secondary N) is 2. The molecule has 0 spiro atoms. The Morgan fingerprint density at radius 2 is 1.82 bits per heavy atom. The van der Waals surface area contributed by atoms with Crippen LogP contribution < -0.4 is 10.1 Å². The highest BCUT2D eigenvalue weighted by Gasteiger charge is 2.19. The Bertz CT molecular complexity index is 1120. The van der Waals surface area contributed by atoms with E-state index in [4.69, 9.17) is 4.74 Å². The predicted octanol–water partition coefficient (Wildman–Crippen LogP) is 5.28. The third-order valence-electron chi connectivity index (χ3n) is 4.34. The van der Waals surface area contributed by atoms with E-state index in [1.165, 1.54) is 5.56 Å². The van der Waals surface area contributed by atoms with Gasteiger partial charge in [0.15, 0.2) is 0 Å². The summed E-state index contributed by atoms with van der Waals surface area (Å²) in [4.78, 5) is 22.4. The lowest BCUT2D eigenvalue weighted by Gasteiger charge is -2.08. The maximum Gasteiger partial charge on any atom is 0.273 e. The molecule has 2 aromatic heterocycles. The molecule has 2 heterocycles. The minimum Gasteiger partial charge on any atom is -0.497 e. The number of hydrogen-bond donors (Lipinski definition) is 2. The molecule has 28 heavy (non-hydrogen) atoms. The van der Waals surface area contributed by atoms with Crippen LogP contribution in [0.3, 0.4) is 0 Å². The van der Waals surface area contributed by atoms with Crippen LogP contribution in [0.4, 0.5) is 5.69 Å². The Labute approximate surface area is 167 Å². The van der Waals surface area contributed by atoms with Crippen LogP contribution in [0.1, 0.15) is 16.1 Å². The van der Waals surface area contributed by atoms with Gasteiger partial charge in [-0.1, -0.05) is 29.5 Å². The summed E-state index contributed by atoms with van der Waals surface area (Å²) in [6.45, 7) is 2.05. The molecule has 0 aliphatic rings. The number of nitrogens with zero attached hydrogens (tertiary/aromatic N) is 1. The summed E-state index contributed by atoms with van der Waals surface area (Å²) in [6, 6.07) is 19.3. The minimum absolute atomic E-state index is 0.210. The van der Waals surface area contributed by atoms with E-state index in [-0.39, 0.29) is 5.91 Å². The quantitative estimate of drug-likeness (QED) is 0.487. The number of pyridine rings is 1. The third-order valence-corrected chi connectivity index (χ3v) is 5.47. The Morgan fingerprint density at radius 3 is 2.54 bits per heavy atom. The minimum atomic E-state index is -0.210. The van der Waals surface area contributed by atoms with Crippen molar-refractivity contribution in [2.24, 2.45) is 0 Å². The number of methoxy groups -OCH3 is 1. The standard InChI is InChI=1S/C22H19N3O2S/c1-14-5-11-17(12-6-14)28-20-18-4-3-13-23-21(18)25-19(20)22(26)24-15-7-9-16(27-2)10-8-15/h3-13H,1-2H3,(H,23,25)(H,24,26). The van der Waals surface area contributed by atoms with Gasteiger partial charge >= 0.3 is 0 Å². The second kappa shape index (κ2) is 7.78. The van der Waals surface area contributed by atoms with Crippen molar-refractivity contribution in [2.45, 2.75) is 16.7 Å². The summed E-state index contributed by atoms with van der Waals surface area (Å²) in [5.41, 5.74) is 3.08. The molecular formula is C22H19N3O2S.